The molecule has 4 aromatic rings. The van der Waals surface area contributed by atoms with Crippen LogP contribution in [0.3, 0.4) is 0 Å². The summed E-state index contributed by atoms with van der Waals surface area (Å²) in [5.74, 6) is 0. The molecule has 0 aliphatic rings. The monoisotopic (exact) mass is 330 g/mol. The van der Waals surface area contributed by atoms with Crippen LogP contribution in [0.15, 0.2) is 61.2 Å². The van der Waals surface area contributed by atoms with E-state index in [-0.39, 0.29) is 0 Å². The van der Waals surface area contributed by atoms with E-state index in [4.69, 9.17) is 4.98 Å². The van der Waals surface area contributed by atoms with E-state index in [0.717, 1.165) is 35.4 Å². The first kappa shape index (κ1) is 15.6. The summed E-state index contributed by atoms with van der Waals surface area (Å²) >= 11 is 0. The second-order valence-corrected chi connectivity index (χ2v) is 6.48. The van der Waals surface area contributed by atoms with Gasteiger partial charge in [0.15, 0.2) is 5.65 Å². The van der Waals surface area contributed by atoms with Gasteiger partial charge in [-0.2, -0.15) is 5.10 Å². The molecular weight excluding hydrogens is 308 g/mol. The molecule has 126 valence electrons. The molecule has 0 saturated carbocycles. The van der Waals surface area contributed by atoms with Crippen molar-refractivity contribution >= 4 is 5.65 Å². The molecule has 0 aliphatic carbocycles. The first-order valence-electron chi connectivity index (χ1n) is 8.78. The van der Waals surface area contributed by atoms with E-state index in [2.05, 4.69) is 60.3 Å². The lowest BCUT2D eigenvalue weighted by Gasteiger charge is -2.04. The Morgan fingerprint density at radius 3 is 2.64 bits per heavy atom. The molecule has 0 fully saturated rings. The number of nitrogens with zero attached hydrogens (tertiary/aromatic N) is 4. The van der Waals surface area contributed by atoms with Crippen molar-refractivity contribution in [2.45, 2.75) is 33.2 Å². The lowest BCUT2D eigenvalue weighted by molar-refractivity contribution is 0.796. The number of hydrogen-bond donors (Lipinski definition) is 0. The number of hydrogen-bond acceptors (Lipinski definition) is 2. The maximum absolute atomic E-state index is 4.70. The van der Waals surface area contributed by atoms with Gasteiger partial charge < -0.3 is 4.57 Å². The van der Waals surface area contributed by atoms with Gasteiger partial charge in [-0.25, -0.2) is 9.50 Å². The average molecular weight is 330 g/mol. The molecule has 0 amide bonds. The van der Waals surface area contributed by atoms with Crippen molar-refractivity contribution in [1.82, 2.24) is 19.2 Å². The van der Waals surface area contributed by atoms with Crippen molar-refractivity contribution < 1.29 is 0 Å². The third-order valence-electron chi connectivity index (χ3n) is 4.57. The summed E-state index contributed by atoms with van der Waals surface area (Å²) in [7, 11) is 0. The van der Waals surface area contributed by atoms with E-state index < -0.39 is 0 Å². The largest absolute Gasteiger partial charge is 0.349 e. The minimum atomic E-state index is 0.802. The molecule has 0 aliphatic heterocycles. The van der Waals surface area contributed by atoms with Crippen LogP contribution < -0.4 is 0 Å². The Morgan fingerprint density at radius 1 is 1.00 bits per heavy atom. The predicted molar refractivity (Wildman–Crippen MR) is 101 cm³/mol. The quantitative estimate of drug-likeness (QED) is 0.540. The van der Waals surface area contributed by atoms with Gasteiger partial charge in [0.1, 0.15) is 0 Å². The average Bonchev–Trinajstić information content (AvgIpc) is 3.20. The number of rotatable bonds is 5. The fraction of sp³-hybridized carbons (Fsp3) is 0.238. The van der Waals surface area contributed by atoms with Crippen LogP contribution in [0, 0.1) is 6.92 Å². The Morgan fingerprint density at radius 2 is 1.84 bits per heavy atom. The van der Waals surface area contributed by atoms with Gasteiger partial charge in [-0.15, -0.1) is 0 Å². The molecule has 0 N–H and O–H groups in total. The standard InChI is InChI=1S/C21H22N4/c1-3-7-17-10-11-24(13-17)15-20-16(2)23-25-14-19(12-22-21(20)25)18-8-5-4-6-9-18/h4-6,8-14H,3,7,15H2,1-2H3. The Kier molecular flexibility index (Phi) is 4.10. The summed E-state index contributed by atoms with van der Waals surface area (Å²) in [5, 5.41) is 4.68. The second-order valence-electron chi connectivity index (χ2n) is 6.48. The lowest BCUT2D eigenvalue weighted by Crippen LogP contribution is -1.99. The van der Waals surface area contributed by atoms with Gasteiger partial charge in [0.2, 0.25) is 0 Å². The van der Waals surface area contributed by atoms with Crippen LogP contribution in [0.25, 0.3) is 16.8 Å². The summed E-state index contributed by atoms with van der Waals surface area (Å²) < 4.78 is 4.13. The van der Waals surface area contributed by atoms with Crippen LogP contribution >= 0.6 is 0 Å². The van der Waals surface area contributed by atoms with Gasteiger partial charge in [-0.3, -0.25) is 0 Å². The highest BCUT2D eigenvalue weighted by molar-refractivity contribution is 5.63. The van der Waals surface area contributed by atoms with Crippen LogP contribution in [0.5, 0.6) is 0 Å². The van der Waals surface area contributed by atoms with Crippen molar-refractivity contribution in [3.63, 3.8) is 0 Å². The minimum Gasteiger partial charge on any atom is -0.349 e. The molecule has 4 heteroatoms. The highest BCUT2D eigenvalue weighted by Gasteiger charge is 2.12. The van der Waals surface area contributed by atoms with Crippen molar-refractivity contribution in [1.29, 1.82) is 0 Å². The Balaban J connectivity index is 1.68. The van der Waals surface area contributed by atoms with E-state index in [1.807, 2.05) is 28.9 Å². The van der Waals surface area contributed by atoms with Crippen LogP contribution in [-0.2, 0) is 13.0 Å². The summed E-state index contributed by atoms with van der Waals surface area (Å²) in [5.41, 5.74) is 6.76. The van der Waals surface area contributed by atoms with Gasteiger partial charge in [0.05, 0.1) is 12.2 Å². The summed E-state index contributed by atoms with van der Waals surface area (Å²) in [6.45, 7) is 5.07. The van der Waals surface area contributed by atoms with E-state index in [1.165, 1.54) is 17.5 Å². The molecule has 1 aromatic carbocycles. The number of benzene rings is 1. The molecule has 0 unspecified atom stereocenters. The molecule has 3 aromatic heterocycles. The molecule has 3 heterocycles. The van der Waals surface area contributed by atoms with Crippen molar-refractivity contribution in [3.8, 4) is 11.1 Å². The Hall–Kier alpha value is -2.88. The topological polar surface area (TPSA) is 35.1 Å². The molecule has 4 nitrogen and oxygen atoms in total. The fourth-order valence-electron chi connectivity index (χ4n) is 3.27. The maximum atomic E-state index is 4.70. The van der Waals surface area contributed by atoms with Crippen LogP contribution in [0.1, 0.15) is 30.2 Å². The summed E-state index contributed by atoms with van der Waals surface area (Å²) in [4.78, 5) is 4.70. The van der Waals surface area contributed by atoms with Gasteiger partial charge in [-0.05, 0) is 30.5 Å². The summed E-state index contributed by atoms with van der Waals surface area (Å²) in [6, 6.07) is 12.5. The Labute approximate surface area is 147 Å². The molecule has 0 saturated heterocycles. The molecule has 0 atom stereocenters. The number of aromatic nitrogens is 4. The van der Waals surface area contributed by atoms with Crippen molar-refractivity contribution in [2.75, 3.05) is 0 Å². The molecule has 4 rings (SSSR count). The highest BCUT2D eigenvalue weighted by atomic mass is 15.3. The van der Waals surface area contributed by atoms with Gasteiger partial charge >= 0.3 is 0 Å². The van der Waals surface area contributed by atoms with Crippen LogP contribution in [0.2, 0.25) is 0 Å². The van der Waals surface area contributed by atoms with E-state index in [0.29, 0.717) is 0 Å². The third kappa shape index (κ3) is 3.07. The van der Waals surface area contributed by atoms with E-state index in [9.17, 15) is 0 Å². The first-order chi connectivity index (χ1) is 12.2. The molecule has 25 heavy (non-hydrogen) atoms. The zero-order chi connectivity index (χ0) is 17.2. The van der Waals surface area contributed by atoms with Crippen LogP contribution in [-0.4, -0.2) is 19.2 Å². The molecular formula is C21H22N4. The summed E-state index contributed by atoms with van der Waals surface area (Å²) in [6.07, 6.45) is 10.7. The number of fused-ring (bicyclic) bond motifs is 1. The molecule has 0 spiro atoms. The molecule has 0 radical (unpaired) electrons. The van der Waals surface area contributed by atoms with Gasteiger partial charge in [-0.1, -0.05) is 43.7 Å². The van der Waals surface area contributed by atoms with Crippen molar-refractivity contribution in [3.05, 3.63) is 78.0 Å². The molecule has 0 bridgehead atoms. The Bertz CT molecular complexity index is 995. The van der Waals surface area contributed by atoms with Crippen LogP contribution in [0.4, 0.5) is 0 Å². The number of aryl methyl sites for hydroxylation is 2. The highest BCUT2D eigenvalue weighted by Crippen LogP contribution is 2.21. The SMILES string of the molecule is CCCc1ccn(Cc2c(C)nn3cc(-c4ccccc4)cnc23)c1. The normalized spacial score (nSPS) is 11.3. The lowest BCUT2D eigenvalue weighted by atomic mass is 10.1. The van der Waals surface area contributed by atoms with Gasteiger partial charge in [0.25, 0.3) is 0 Å². The second kappa shape index (κ2) is 6.55. The van der Waals surface area contributed by atoms with Gasteiger partial charge in [0, 0.05) is 35.9 Å². The maximum Gasteiger partial charge on any atom is 0.160 e. The zero-order valence-electron chi connectivity index (χ0n) is 14.7. The van der Waals surface area contributed by atoms with E-state index in [1.54, 1.807) is 0 Å². The third-order valence-corrected chi connectivity index (χ3v) is 4.57. The van der Waals surface area contributed by atoms with E-state index >= 15 is 0 Å². The first-order valence-corrected chi connectivity index (χ1v) is 8.78. The van der Waals surface area contributed by atoms with Crippen molar-refractivity contribution in [2.24, 2.45) is 0 Å². The predicted octanol–water partition coefficient (Wildman–Crippen LogP) is 4.51. The minimum absolute atomic E-state index is 0.802. The smallest absolute Gasteiger partial charge is 0.160 e. The zero-order valence-corrected chi connectivity index (χ0v) is 14.7. The fourth-order valence-corrected chi connectivity index (χ4v) is 3.27.